The number of carbonyl (C=O) groups is 1. The van der Waals surface area contributed by atoms with Crippen molar-refractivity contribution in [3.8, 4) is 5.75 Å². The molecule has 0 unspecified atom stereocenters. The third-order valence-corrected chi connectivity index (χ3v) is 4.57. The molecule has 1 aromatic rings. The molecule has 1 amide bonds. The summed E-state index contributed by atoms with van der Waals surface area (Å²) in [7, 11) is 2.16. The molecule has 0 spiro atoms. The van der Waals surface area contributed by atoms with Crippen LogP contribution in [0.1, 0.15) is 25.8 Å². The smallest absolute Gasteiger partial charge is 0.260 e. The van der Waals surface area contributed by atoms with Crippen molar-refractivity contribution >= 4 is 5.91 Å². The lowest BCUT2D eigenvalue weighted by Crippen LogP contribution is -2.45. The van der Waals surface area contributed by atoms with Crippen LogP contribution in [-0.4, -0.2) is 68.1 Å². The summed E-state index contributed by atoms with van der Waals surface area (Å²) in [4.78, 5) is 17.0. The van der Waals surface area contributed by atoms with Gasteiger partial charge in [0.05, 0.1) is 0 Å². The van der Waals surface area contributed by atoms with Gasteiger partial charge < -0.3 is 19.9 Å². The van der Waals surface area contributed by atoms with Crippen LogP contribution in [0.4, 0.5) is 0 Å². The SMILES string of the molecule is CCc1ccccc1O[C@@H](C)C(=O)NCCCN1CCN(C)CC1. The molecule has 1 aliphatic heterocycles. The molecule has 0 bridgehead atoms. The maximum Gasteiger partial charge on any atom is 0.260 e. The number of rotatable bonds is 8. The van der Waals surface area contributed by atoms with E-state index < -0.39 is 6.10 Å². The Hall–Kier alpha value is -1.59. The Morgan fingerprint density at radius 1 is 1.25 bits per heavy atom. The maximum absolute atomic E-state index is 12.2. The van der Waals surface area contributed by atoms with Gasteiger partial charge in [0.25, 0.3) is 5.91 Å². The molecule has 5 heteroatoms. The van der Waals surface area contributed by atoms with Gasteiger partial charge >= 0.3 is 0 Å². The van der Waals surface area contributed by atoms with E-state index >= 15 is 0 Å². The van der Waals surface area contributed by atoms with Crippen molar-refractivity contribution < 1.29 is 9.53 Å². The minimum atomic E-state index is -0.471. The van der Waals surface area contributed by atoms with Gasteiger partial charge in [0, 0.05) is 32.7 Å². The first-order chi connectivity index (χ1) is 11.6. The van der Waals surface area contributed by atoms with Crippen LogP contribution in [0, 0.1) is 0 Å². The van der Waals surface area contributed by atoms with E-state index in [9.17, 15) is 4.79 Å². The quantitative estimate of drug-likeness (QED) is 0.737. The van der Waals surface area contributed by atoms with E-state index in [0.717, 1.165) is 56.9 Å². The fourth-order valence-corrected chi connectivity index (χ4v) is 2.88. The lowest BCUT2D eigenvalue weighted by molar-refractivity contribution is -0.127. The number of hydrogen-bond acceptors (Lipinski definition) is 4. The molecule has 2 rings (SSSR count). The Morgan fingerprint density at radius 3 is 2.67 bits per heavy atom. The van der Waals surface area contributed by atoms with E-state index in [1.807, 2.05) is 31.2 Å². The molecular formula is C19H31N3O2. The second kappa shape index (κ2) is 9.64. The minimum Gasteiger partial charge on any atom is -0.481 e. The molecule has 0 aliphatic carbocycles. The zero-order chi connectivity index (χ0) is 17.4. The van der Waals surface area contributed by atoms with Crippen molar-refractivity contribution in [3.63, 3.8) is 0 Å². The number of amides is 1. The Bertz CT molecular complexity index is 513. The van der Waals surface area contributed by atoms with Crippen LogP contribution in [0.3, 0.4) is 0 Å². The van der Waals surface area contributed by atoms with Crippen molar-refractivity contribution in [1.29, 1.82) is 0 Å². The van der Waals surface area contributed by atoms with Crippen LogP contribution in [-0.2, 0) is 11.2 Å². The topological polar surface area (TPSA) is 44.8 Å². The number of benzene rings is 1. The molecular weight excluding hydrogens is 302 g/mol. The van der Waals surface area contributed by atoms with E-state index in [2.05, 4.69) is 29.1 Å². The van der Waals surface area contributed by atoms with Crippen LogP contribution in [0.15, 0.2) is 24.3 Å². The molecule has 24 heavy (non-hydrogen) atoms. The highest BCUT2D eigenvalue weighted by Gasteiger charge is 2.16. The summed E-state index contributed by atoms with van der Waals surface area (Å²) in [5.41, 5.74) is 1.13. The van der Waals surface area contributed by atoms with E-state index in [1.54, 1.807) is 0 Å². The molecule has 1 heterocycles. The highest BCUT2D eigenvalue weighted by atomic mass is 16.5. The van der Waals surface area contributed by atoms with Crippen molar-refractivity contribution in [2.45, 2.75) is 32.8 Å². The summed E-state index contributed by atoms with van der Waals surface area (Å²) in [6.45, 7) is 10.2. The largest absolute Gasteiger partial charge is 0.481 e. The van der Waals surface area contributed by atoms with Gasteiger partial charge in [-0.05, 0) is 45.0 Å². The second-order valence-electron chi connectivity index (χ2n) is 6.51. The number of ether oxygens (including phenoxy) is 1. The van der Waals surface area contributed by atoms with Crippen molar-refractivity contribution in [2.24, 2.45) is 0 Å². The van der Waals surface area contributed by atoms with Gasteiger partial charge in [0.2, 0.25) is 0 Å². The summed E-state index contributed by atoms with van der Waals surface area (Å²) in [5.74, 6) is 0.763. The fraction of sp³-hybridized carbons (Fsp3) is 0.632. The van der Waals surface area contributed by atoms with Crippen LogP contribution < -0.4 is 10.1 Å². The number of nitrogens with zero attached hydrogens (tertiary/aromatic N) is 2. The van der Waals surface area contributed by atoms with Gasteiger partial charge in [-0.15, -0.1) is 0 Å². The van der Waals surface area contributed by atoms with Crippen molar-refractivity contribution in [1.82, 2.24) is 15.1 Å². The number of nitrogens with one attached hydrogen (secondary N) is 1. The molecule has 1 saturated heterocycles. The standard InChI is InChI=1S/C19H31N3O2/c1-4-17-8-5-6-9-18(17)24-16(2)19(23)20-10-7-11-22-14-12-21(3)13-15-22/h5-6,8-9,16H,4,7,10-15H2,1-3H3,(H,20,23)/t16-/m0/s1. The Labute approximate surface area is 146 Å². The molecule has 0 radical (unpaired) electrons. The zero-order valence-electron chi connectivity index (χ0n) is 15.3. The maximum atomic E-state index is 12.2. The fourth-order valence-electron chi connectivity index (χ4n) is 2.88. The van der Waals surface area contributed by atoms with Gasteiger partial charge in [-0.25, -0.2) is 0 Å². The summed E-state index contributed by atoms with van der Waals surface area (Å²) in [5, 5.41) is 2.99. The zero-order valence-corrected chi connectivity index (χ0v) is 15.3. The van der Waals surface area contributed by atoms with E-state index in [-0.39, 0.29) is 5.91 Å². The summed E-state index contributed by atoms with van der Waals surface area (Å²) in [6, 6.07) is 7.90. The first-order valence-corrected chi connectivity index (χ1v) is 9.03. The number of likely N-dealkylation sites (N-methyl/N-ethyl adjacent to an activating group) is 1. The molecule has 1 aromatic carbocycles. The van der Waals surface area contributed by atoms with Crippen molar-refractivity contribution in [2.75, 3.05) is 46.3 Å². The van der Waals surface area contributed by atoms with Gasteiger partial charge in [-0.1, -0.05) is 25.1 Å². The Morgan fingerprint density at radius 2 is 1.96 bits per heavy atom. The number of aryl methyl sites for hydroxylation is 1. The summed E-state index contributed by atoms with van der Waals surface area (Å²) in [6.07, 6.45) is 1.41. The van der Waals surface area contributed by atoms with Crippen molar-refractivity contribution in [3.05, 3.63) is 29.8 Å². The Kier molecular flexibility index (Phi) is 7.53. The second-order valence-corrected chi connectivity index (χ2v) is 6.51. The van der Waals surface area contributed by atoms with E-state index in [4.69, 9.17) is 4.74 Å². The van der Waals surface area contributed by atoms with Crippen LogP contribution >= 0.6 is 0 Å². The highest BCUT2D eigenvalue weighted by molar-refractivity contribution is 5.80. The van der Waals surface area contributed by atoms with E-state index in [1.165, 1.54) is 0 Å². The van der Waals surface area contributed by atoms with Gasteiger partial charge in [-0.3, -0.25) is 4.79 Å². The normalized spacial score (nSPS) is 17.5. The first kappa shape index (κ1) is 18.7. The molecule has 1 aliphatic rings. The number of carbonyl (C=O) groups excluding carboxylic acids is 1. The first-order valence-electron chi connectivity index (χ1n) is 9.03. The average molecular weight is 333 g/mol. The number of para-hydroxylation sites is 1. The lowest BCUT2D eigenvalue weighted by atomic mass is 10.1. The highest BCUT2D eigenvalue weighted by Crippen LogP contribution is 2.19. The number of piperazine rings is 1. The average Bonchev–Trinajstić information content (AvgIpc) is 2.60. The van der Waals surface area contributed by atoms with E-state index in [0.29, 0.717) is 6.54 Å². The predicted octanol–water partition coefficient (Wildman–Crippen LogP) is 1.77. The molecule has 5 nitrogen and oxygen atoms in total. The molecule has 1 fully saturated rings. The molecule has 0 saturated carbocycles. The van der Waals surface area contributed by atoms with Crippen LogP contribution in [0.2, 0.25) is 0 Å². The van der Waals surface area contributed by atoms with Crippen LogP contribution in [0.5, 0.6) is 5.75 Å². The summed E-state index contributed by atoms with van der Waals surface area (Å²) < 4.78 is 5.83. The third-order valence-electron chi connectivity index (χ3n) is 4.57. The monoisotopic (exact) mass is 333 g/mol. The van der Waals surface area contributed by atoms with Gasteiger partial charge in [0.1, 0.15) is 5.75 Å². The van der Waals surface area contributed by atoms with Gasteiger partial charge in [-0.2, -0.15) is 0 Å². The molecule has 134 valence electrons. The summed E-state index contributed by atoms with van der Waals surface area (Å²) >= 11 is 0. The molecule has 1 atom stereocenters. The minimum absolute atomic E-state index is 0.0423. The predicted molar refractivity (Wildman–Crippen MR) is 97.5 cm³/mol. The molecule has 0 aromatic heterocycles. The number of hydrogen-bond donors (Lipinski definition) is 1. The third kappa shape index (κ3) is 5.80. The van der Waals surface area contributed by atoms with Crippen LogP contribution in [0.25, 0.3) is 0 Å². The Balaban J connectivity index is 1.66. The molecule has 1 N–H and O–H groups in total. The van der Waals surface area contributed by atoms with Gasteiger partial charge in [0.15, 0.2) is 6.10 Å². The lowest BCUT2D eigenvalue weighted by Gasteiger charge is -2.32.